The molecule has 0 radical (unpaired) electrons. The fraction of sp³-hybridized carbons (Fsp3) is 0.167. The van der Waals surface area contributed by atoms with Gasteiger partial charge in [0.1, 0.15) is 5.75 Å². The minimum Gasteiger partial charge on any atom is -0.421 e. The summed E-state index contributed by atoms with van der Waals surface area (Å²) in [6, 6.07) is 16.1. The van der Waals surface area contributed by atoms with Crippen molar-refractivity contribution < 1.29 is 19.1 Å². The molecular formula is C18H16O4S. The number of carbonyl (C=O) groups excluding carboxylic acids is 3. The predicted molar refractivity (Wildman–Crippen MR) is 89.7 cm³/mol. The number of carbonyl (C=O) groups is 3. The van der Waals surface area contributed by atoms with Crippen LogP contribution >= 0.6 is 11.8 Å². The minimum atomic E-state index is -0.914. The molecule has 0 saturated carbocycles. The summed E-state index contributed by atoms with van der Waals surface area (Å²) in [7, 11) is 0. The van der Waals surface area contributed by atoms with Crippen LogP contribution in [0.1, 0.15) is 22.8 Å². The number of thioether (sulfide) groups is 1. The van der Waals surface area contributed by atoms with E-state index in [1.165, 1.54) is 17.7 Å². The molecule has 0 heterocycles. The van der Waals surface area contributed by atoms with E-state index < -0.39 is 11.8 Å². The fourth-order valence-electron chi connectivity index (χ4n) is 1.81. The van der Waals surface area contributed by atoms with E-state index in [9.17, 15) is 14.4 Å². The second-order valence-corrected chi connectivity index (χ2v) is 5.86. The third-order valence-corrected chi connectivity index (χ3v) is 4.02. The van der Waals surface area contributed by atoms with Crippen LogP contribution in [0.2, 0.25) is 0 Å². The lowest BCUT2D eigenvalue weighted by molar-refractivity contribution is -0.146. The Kier molecular flexibility index (Phi) is 6.11. The Morgan fingerprint density at radius 3 is 2.22 bits per heavy atom. The van der Waals surface area contributed by atoms with Gasteiger partial charge in [-0.1, -0.05) is 30.3 Å². The molecule has 118 valence electrons. The summed E-state index contributed by atoms with van der Waals surface area (Å²) in [6.45, 7) is 1.14. The standard InChI is InChI=1S/C18H16O4S/c1-13(19)18(21)22-16-9-7-15(8-10-16)17(20)12-23-11-14-5-3-2-4-6-14/h2-10H,11-12H2,1H3. The van der Waals surface area contributed by atoms with Crippen LogP contribution in [0.5, 0.6) is 5.75 Å². The maximum atomic E-state index is 12.1. The first-order valence-corrected chi connectivity index (χ1v) is 8.19. The van der Waals surface area contributed by atoms with Gasteiger partial charge in [0.2, 0.25) is 5.78 Å². The number of esters is 1. The smallest absolute Gasteiger partial charge is 0.379 e. The first-order valence-electron chi connectivity index (χ1n) is 7.04. The predicted octanol–water partition coefficient (Wildman–Crippen LogP) is 3.30. The van der Waals surface area contributed by atoms with Crippen molar-refractivity contribution in [2.24, 2.45) is 0 Å². The Balaban J connectivity index is 1.85. The van der Waals surface area contributed by atoms with Gasteiger partial charge in [0.05, 0.1) is 5.75 Å². The van der Waals surface area contributed by atoms with E-state index in [4.69, 9.17) is 4.74 Å². The van der Waals surface area contributed by atoms with Gasteiger partial charge in [0.15, 0.2) is 5.78 Å². The monoisotopic (exact) mass is 328 g/mol. The largest absolute Gasteiger partial charge is 0.421 e. The van der Waals surface area contributed by atoms with E-state index >= 15 is 0 Å². The van der Waals surface area contributed by atoms with E-state index in [1.54, 1.807) is 23.9 Å². The van der Waals surface area contributed by atoms with Crippen molar-refractivity contribution in [3.05, 3.63) is 65.7 Å². The zero-order chi connectivity index (χ0) is 16.7. The summed E-state index contributed by atoms with van der Waals surface area (Å²) in [4.78, 5) is 34.1. The number of hydrogen-bond acceptors (Lipinski definition) is 5. The van der Waals surface area contributed by atoms with Crippen molar-refractivity contribution in [2.75, 3.05) is 5.75 Å². The summed E-state index contributed by atoms with van der Waals surface area (Å²) in [6.07, 6.45) is 0. The fourth-order valence-corrected chi connectivity index (χ4v) is 2.69. The summed E-state index contributed by atoms with van der Waals surface area (Å²) in [5.74, 6) is -0.165. The van der Waals surface area contributed by atoms with E-state index in [-0.39, 0.29) is 11.5 Å². The molecule has 23 heavy (non-hydrogen) atoms. The van der Waals surface area contributed by atoms with Gasteiger partial charge in [-0.15, -0.1) is 11.8 Å². The van der Waals surface area contributed by atoms with Gasteiger partial charge in [-0.25, -0.2) is 4.79 Å². The molecule has 2 rings (SSSR count). The van der Waals surface area contributed by atoms with Gasteiger partial charge in [0.25, 0.3) is 0 Å². The number of rotatable bonds is 7. The third kappa shape index (κ3) is 5.38. The van der Waals surface area contributed by atoms with Gasteiger partial charge >= 0.3 is 5.97 Å². The van der Waals surface area contributed by atoms with Crippen LogP contribution in [0.25, 0.3) is 0 Å². The number of ether oxygens (including phenoxy) is 1. The Morgan fingerprint density at radius 2 is 1.61 bits per heavy atom. The molecule has 0 unspecified atom stereocenters. The molecule has 0 aromatic heterocycles. The molecule has 0 aliphatic carbocycles. The Labute approximate surface area is 138 Å². The number of ketones is 2. The highest BCUT2D eigenvalue weighted by molar-refractivity contribution is 7.99. The zero-order valence-electron chi connectivity index (χ0n) is 12.7. The quantitative estimate of drug-likeness (QED) is 0.338. The highest BCUT2D eigenvalue weighted by atomic mass is 32.2. The van der Waals surface area contributed by atoms with Crippen LogP contribution in [0.4, 0.5) is 0 Å². The van der Waals surface area contributed by atoms with Crippen LogP contribution in [-0.2, 0) is 15.3 Å². The normalized spacial score (nSPS) is 10.1. The minimum absolute atomic E-state index is 0.00961. The van der Waals surface area contributed by atoms with Gasteiger partial charge in [-0.05, 0) is 29.8 Å². The molecular weight excluding hydrogens is 312 g/mol. The SMILES string of the molecule is CC(=O)C(=O)Oc1ccc(C(=O)CSCc2ccccc2)cc1. The molecule has 0 saturated heterocycles. The lowest BCUT2D eigenvalue weighted by Gasteiger charge is -2.04. The van der Waals surface area contributed by atoms with E-state index in [0.717, 1.165) is 12.7 Å². The number of Topliss-reactive ketones (excluding diaryl/α,β-unsaturated/α-hetero) is 2. The lowest BCUT2D eigenvalue weighted by atomic mass is 10.1. The van der Waals surface area contributed by atoms with Crippen molar-refractivity contribution in [1.82, 2.24) is 0 Å². The summed E-state index contributed by atoms with van der Waals surface area (Å²) in [5, 5.41) is 0. The molecule has 0 aliphatic rings. The molecule has 0 spiro atoms. The number of hydrogen-bond donors (Lipinski definition) is 0. The lowest BCUT2D eigenvalue weighted by Crippen LogP contribution is -2.16. The molecule has 0 N–H and O–H groups in total. The maximum Gasteiger partial charge on any atom is 0.379 e. The molecule has 2 aromatic carbocycles. The van der Waals surface area contributed by atoms with Crippen molar-refractivity contribution in [3.8, 4) is 5.75 Å². The molecule has 2 aromatic rings. The second-order valence-electron chi connectivity index (χ2n) is 4.87. The second kappa shape index (κ2) is 8.29. The third-order valence-electron chi connectivity index (χ3n) is 3.02. The van der Waals surface area contributed by atoms with E-state index in [0.29, 0.717) is 11.3 Å². The summed E-state index contributed by atoms with van der Waals surface area (Å²) >= 11 is 1.55. The van der Waals surface area contributed by atoms with E-state index in [1.807, 2.05) is 30.3 Å². The van der Waals surface area contributed by atoms with Crippen LogP contribution < -0.4 is 4.74 Å². The van der Waals surface area contributed by atoms with Gasteiger partial charge < -0.3 is 4.74 Å². The van der Waals surface area contributed by atoms with E-state index in [2.05, 4.69) is 0 Å². The van der Waals surface area contributed by atoms with Gasteiger partial charge in [-0.2, -0.15) is 0 Å². The Morgan fingerprint density at radius 1 is 0.957 bits per heavy atom. The molecule has 0 aliphatic heterocycles. The van der Waals surface area contributed by atoms with Crippen molar-refractivity contribution in [2.45, 2.75) is 12.7 Å². The topological polar surface area (TPSA) is 60.4 Å². The summed E-state index contributed by atoms with van der Waals surface area (Å²) < 4.78 is 4.84. The first-order chi connectivity index (χ1) is 11.1. The molecule has 0 atom stereocenters. The summed E-state index contributed by atoms with van der Waals surface area (Å²) in [5.41, 5.74) is 1.73. The molecule has 0 bridgehead atoms. The Hall–Kier alpha value is -2.40. The highest BCUT2D eigenvalue weighted by Gasteiger charge is 2.11. The first kappa shape index (κ1) is 17.0. The van der Waals surface area contributed by atoms with Gasteiger partial charge in [-0.3, -0.25) is 9.59 Å². The Bertz CT molecular complexity index is 693. The van der Waals surface area contributed by atoms with Crippen LogP contribution in [0.15, 0.2) is 54.6 Å². The van der Waals surface area contributed by atoms with Crippen molar-refractivity contribution in [1.29, 1.82) is 0 Å². The maximum absolute atomic E-state index is 12.1. The molecule has 5 heteroatoms. The van der Waals surface area contributed by atoms with Crippen LogP contribution in [0, 0.1) is 0 Å². The van der Waals surface area contributed by atoms with Crippen LogP contribution in [0.3, 0.4) is 0 Å². The average Bonchev–Trinajstić information content (AvgIpc) is 2.56. The average molecular weight is 328 g/mol. The number of benzene rings is 2. The zero-order valence-corrected chi connectivity index (χ0v) is 13.5. The van der Waals surface area contributed by atoms with Crippen molar-refractivity contribution >= 4 is 29.3 Å². The molecule has 4 nitrogen and oxygen atoms in total. The highest BCUT2D eigenvalue weighted by Crippen LogP contribution is 2.17. The molecule has 0 amide bonds. The molecule has 0 fully saturated rings. The van der Waals surface area contributed by atoms with Gasteiger partial charge in [0, 0.05) is 18.2 Å². The van der Waals surface area contributed by atoms with Crippen LogP contribution in [-0.4, -0.2) is 23.3 Å². The van der Waals surface area contributed by atoms with Crippen molar-refractivity contribution in [3.63, 3.8) is 0 Å².